The van der Waals surface area contributed by atoms with E-state index in [9.17, 15) is 4.79 Å². The lowest BCUT2D eigenvalue weighted by atomic mass is 10.1. The number of anilines is 1. The van der Waals surface area contributed by atoms with Gasteiger partial charge in [-0.3, -0.25) is 4.79 Å². The molecule has 0 fully saturated rings. The van der Waals surface area contributed by atoms with E-state index in [1.165, 1.54) is 0 Å². The smallest absolute Gasteiger partial charge is 0.254 e. The summed E-state index contributed by atoms with van der Waals surface area (Å²) in [7, 11) is 0. The monoisotopic (exact) mass is 254 g/mol. The maximum atomic E-state index is 12.4. The van der Waals surface area contributed by atoms with Crippen LogP contribution >= 0.6 is 0 Å². The highest BCUT2D eigenvalue weighted by Crippen LogP contribution is 2.15. The number of hydrogen-bond acceptors (Lipinski definition) is 2. The van der Waals surface area contributed by atoms with Gasteiger partial charge in [0.2, 0.25) is 0 Å². The fourth-order valence-corrected chi connectivity index (χ4v) is 1.97. The van der Waals surface area contributed by atoms with E-state index in [2.05, 4.69) is 0 Å². The number of amides is 1. The van der Waals surface area contributed by atoms with Crippen molar-refractivity contribution >= 4 is 11.6 Å². The third-order valence-electron chi connectivity index (χ3n) is 3.11. The number of nitrogen functional groups attached to an aromatic ring is 1. The van der Waals surface area contributed by atoms with Gasteiger partial charge >= 0.3 is 0 Å². The molecule has 0 radical (unpaired) electrons. The van der Waals surface area contributed by atoms with Crippen LogP contribution in [-0.2, 0) is 6.54 Å². The minimum absolute atomic E-state index is 0.0337. The van der Waals surface area contributed by atoms with Crippen LogP contribution in [0.1, 0.15) is 22.8 Å². The van der Waals surface area contributed by atoms with Crippen molar-refractivity contribution in [1.29, 1.82) is 0 Å². The molecule has 0 spiro atoms. The summed E-state index contributed by atoms with van der Waals surface area (Å²) >= 11 is 0. The first-order valence-corrected chi connectivity index (χ1v) is 6.40. The van der Waals surface area contributed by atoms with E-state index in [1.54, 1.807) is 4.90 Å². The fourth-order valence-electron chi connectivity index (χ4n) is 1.97. The second-order valence-electron chi connectivity index (χ2n) is 4.38. The first kappa shape index (κ1) is 13.1. The molecule has 0 aromatic heterocycles. The van der Waals surface area contributed by atoms with Crippen LogP contribution in [0, 0.1) is 0 Å². The molecule has 0 aliphatic rings. The molecule has 2 aromatic carbocycles. The molecule has 0 saturated heterocycles. The van der Waals surface area contributed by atoms with Crippen molar-refractivity contribution in [1.82, 2.24) is 4.90 Å². The summed E-state index contributed by atoms with van der Waals surface area (Å²) < 4.78 is 0. The SMILES string of the molecule is CCN(Cc1ccccc1N)C(=O)c1ccccc1. The summed E-state index contributed by atoms with van der Waals surface area (Å²) in [5, 5.41) is 0. The average molecular weight is 254 g/mol. The van der Waals surface area contributed by atoms with E-state index in [-0.39, 0.29) is 5.91 Å². The molecule has 0 aliphatic carbocycles. The van der Waals surface area contributed by atoms with Gasteiger partial charge in [0.05, 0.1) is 0 Å². The lowest BCUT2D eigenvalue weighted by molar-refractivity contribution is 0.0753. The first-order chi connectivity index (χ1) is 9.22. The molecule has 0 heterocycles. The van der Waals surface area contributed by atoms with Crippen molar-refractivity contribution in [3.05, 3.63) is 65.7 Å². The zero-order valence-corrected chi connectivity index (χ0v) is 11.0. The van der Waals surface area contributed by atoms with Crippen LogP contribution in [0.4, 0.5) is 5.69 Å². The Balaban J connectivity index is 2.17. The van der Waals surface area contributed by atoms with Gasteiger partial charge in [0.1, 0.15) is 0 Å². The Morgan fingerprint density at radius 2 is 1.68 bits per heavy atom. The second-order valence-corrected chi connectivity index (χ2v) is 4.38. The number of nitrogens with two attached hydrogens (primary N) is 1. The third-order valence-corrected chi connectivity index (χ3v) is 3.11. The van der Waals surface area contributed by atoms with E-state index in [0.717, 1.165) is 11.3 Å². The van der Waals surface area contributed by atoms with Crippen LogP contribution in [0.3, 0.4) is 0 Å². The lowest BCUT2D eigenvalue weighted by Gasteiger charge is -2.21. The topological polar surface area (TPSA) is 46.3 Å². The lowest BCUT2D eigenvalue weighted by Crippen LogP contribution is -2.30. The standard InChI is InChI=1S/C16H18N2O/c1-2-18(12-14-10-6-7-11-15(14)17)16(19)13-8-4-3-5-9-13/h3-11H,2,12,17H2,1H3. The molecular formula is C16H18N2O. The van der Waals surface area contributed by atoms with Gasteiger partial charge in [-0.05, 0) is 30.7 Å². The van der Waals surface area contributed by atoms with E-state index >= 15 is 0 Å². The number of benzene rings is 2. The quantitative estimate of drug-likeness (QED) is 0.853. The van der Waals surface area contributed by atoms with Crippen molar-refractivity contribution in [2.24, 2.45) is 0 Å². The number of nitrogens with zero attached hydrogens (tertiary/aromatic N) is 1. The average Bonchev–Trinajstić information content (AvgIpc) is 2.47. The molecule has 0 unspecified atom stereocenters. The van der Waals surface area contributed by atoms with Crippen LogP contribution in [0.15, 0.2) is 54.6 Å². The summed E-state index contributed by atoms with van der Waals surface area (Å²) in [4.78, 5) is 14.2. The van der Waals surface area contributed by atoms with Crippen LogP contribution in [0.2, 0.25) is 0 Å². The molecule has 2 rings (SSSR count). The van der Waals surface area contributed by atoms with Crippen LogP contribution in [0.5, 0.6) is 0 Å². The Morgan fingerprint density at radius 1 is 1.05 bits per heavy atom. The van der Waals surface area contributed by atoms with Crippen molar-refractivity contribution in [2.75, 3.05) is 12.3 Å². The van der Waals surface area contributed by atoms with Crippen LogP contribution < -0.4 is 5.73 Å². The molecule has 98 valence electrons. The van der Waals surface area contributed by atoms with Gasteiger partial charge in [0, 0.05) is 24.3 Å². The van der Waals surface area contributed by atoms with Gasteiger partial charge < -0.3 is 10.6 Å². The molecule has 0 saturated carbocycles. The highest BCUT2D eigenvalue weighted by Gasteiger charge is 2.14. The molecule has 19 heavy (non-hydrogen) atoms. The second kappa shape index (κ2) is 6.05. The normalized spacial score (nSPS) is 10.2. The minimum atomic E-state index is 0.0337. The summed E-state index contributed by atoms with van der Waals surface area (Å²) in [5.41, 5.74) is 8.34. The first-order valence-electron chi connectivity index (χ1n) is 6.40. The molecule has 2 N–H and O–H groups in total. The van der Waals surface area contributed by atoms with Crippen LogP contribution in [0.25, 0.3) is 0 Å². The third kappa shape index (κ3) is 3.13. The Kier molecular flexibility index (Phi) is 4.18. The molecule has 3 heteroatoms. The van der Waals surface area contributed by atoms with Gasteiger partial charge in [-0.2, -0.15) is 0 Å². The van der Waals surface area contributed by atoms with E-state index in [4.69, 9.17) is 5.73 Å². The summed E-state index contributed by atoms with van der Waals surface area (Å²) in [6.07, 6.45) is 0. The van der Waals surface area contributed by atoms with Gasteiger partial charge in [-0.25, -0.2) is 0 Å². The number of para-hydroxylation sites is 1. The van der Waals surface area contributed by atoms with Gasteiger partial charge in [0.15, 0.2) is 0 Å². The van der Waals surface area contributed by atoms with Gasteiger partial charge in [0.25, 0.3) is 5.91 Å². The maximum Gasteiger partial charge on any atom is 0.254 e. The number of carbonyl (C=O) groups is 1. The number of rotatable bonds is 4. The van der Waals surface area contributed by atoms with Crippen LogP contribution in [-0.4, -0.2) is 17.4 Å². The van der Waals surface area contributed by atoms with Gasteiger partial charge in [-0.15, -0.1) is 0 Å². The summed E-state index contributed by atoms with van der Waals surface area (Å²) in [6.45, 7) is 3.17. The highest BCUT2D eigenvalue weighted by molar-refractivity contribution is 5.94. The zero-order chi connectivity index (χ0) is 13.7. The Hall–Kier alpha value is -2.29. The molecule has 2 aromatic rings. The van der Waals surface area contributed by atoms with E-state index in [1.807, 2.05) is 61.5 Å². The van der Waals surface area contributed by atoms with E-state index < -0.39 is 0 Å². The van der Waals surface area contributed by atoms with Crippen molar-refractivity contribution in [2.45, 2.75) is 13.5 Å². The molecule has 0 atom stereocenters. The number of carbonyl (C=O) groups excluding carboxylic acids is 1. The fraction of sp³-hybridized carbons (Fsp3) is 0.188. The zero-order valence-electron chi connectivity index (χ0n) is 11.0. The molecule has 0 aliphatic heterocycles. The highest BCUT2D eigenvalue weighted by atomic mass is 16.2. The minimum Gasteiger partial charge on any atom is -0.398 e. The van der Waals surface area contributed by atoms with Crippen molar-refractivity contribution in [3.8, 4) is 0 Å². The Morgan fingerprint density at radius 3 is 2.32 bits per heavy atom. The molecular weight excluding hydrogens is 236 g/mol. The predicted molar refractivity (Wildman–Crippen MR) is 77.7 cm³/mol. The predicted octanol–water partition coefficient (Wildman–Crippen LogP) is 2.93. The molecule has 1 amide bonds. The van der Waals surface area contributed by atoms with Crippen molar-refractivity contribution in [3.63, 3.8) is 0 Å². The maximum absolute atomic E-state index is 12.4. The molecule has 3 nitrogen and oxygen atoms in total. The van der Waals surface area contributed by atoms with Gasteiger partial charge in [-0.1, -0.05) is 36.4 Å². The summed E-state index contributed by atoms with van der Waals surface area (Å²) in [6, 6.07) is 17.0. The van der Waals surface area contributed by atoms with Crippen molar-refractivity contribution < 1.29 is 4.79 Å². The largest absolute Gasteiger partial charge is 0.398 e. The Bertz CT molecular complexity index is 552. The Labute approximate surface area is 113 Å². The number of hydrogen-bond donors (Lipinski definition) is 1. The molecule has 0 bridgehead atoms. The summed E-state index contributed by atoms with van der Waals surface area (Å²) in [5.74, 6) is 0.0337. The van der Waals surface area contributed by atoms with E-state index in [0.29, 0.717) is 18.7 Å².